The molecule has 2 aromatic rings. The number of anilines is 2. The van der Waals surface area contributed by atoms with E-state index >= 15 is 0 Å². The SMILES string of the molecule is Nc1ccc(NCc2ccoc2)cn1. The minimum absolute atomic E-state index is 0.527. The molecule has 0 fully saturated rings. The Bertz CT molecular complexity index is 380. The third kappa shape index (κ3) is 2.04. The monoisotopic (exact) mass is 189 g/mol. The van der Waals surface area contributed by atoms with Gasteiger partial charge in [-0.05, 0) is 18.2 Å². The summed E-state index contributed by atoms with van der Waals surface area (Å²) in [6.07, 6.45) is 5.06. The Morgan fingerprint density at radius 1 is 1.36 bits per heavy atom. The Kier molecular flexibility index (Phi) is 2.36. The highest BCUT2D eigenvalue weighted by Crippen LogP contribution is 2.09. The molecule has 3 N–H and O–H groups in total. The zero-order chi connectivity index (χ0) is 9.80. The van der Waals surface area contributed by atoms with E-state index in [1.54, 1.807) is 24.8 Å². The summed E-state index contributed by atoms with van der Waals surface area (Å²) in [5.74, 6) is 0.527. The molecule has 0 aliphatic heterocycles. The van der Waals surface area contributed by atoms with E-state index in [0.29, 0.717) is 5.82 Å². The lowest BCUT2D eigenvalue weighted by atomic mass is 10.3. The molecule has 4 nitrogen and oxygen atoms in total. The van der Waals surface area contributed by atoms with E-state index in [9.17, 15) is 0 Å². The van der Waals surface area contributed by atoms with Gasteiger partial charge in [0.1, 0.15) is 5.82 Å². The lowest BCUT2D eigenvalue weighted by Gasteiger charge is -2.03. The van der Waals surface area contributed by atoms with Crippen molar-refractivity contribution < 1.29 is 4.42 Å². The van der Waals surface area contributed by atoms with Gasteiger partial charge in [0.05, 0.1) is 24.4 Å². The first-order valence-corrected chi connectivity index (χ1v) is 4.31. The maximum absolute atomic E-state index is 5.46. The number of rotatable bonds is 3. The summed E-state index contributed by atoms with van der Waals surface area (Å²) in [6.45, 7) is 0.724. The third-order valence-corrected chi connectivity index (χ3v) is 1.86. The fraction of sp³-hybridized carbons (Fsp3) is 0.100. The number of pyridine rings is 1. The van der Waals surface area contributed by atoms with E-state index in [2.05, 4.69) is 10.3 Å². The van der Waals surface area contributed by atoms with Crippen LogP contribution < -0.4 is 11.1 Å². The molecule has 0 aliphatic rings. The summed E-state index contributed by atoms with van der Waals surface area (Å²) < 4.78 is 4.95. The van der Waals surface area contributed by atoms with Gasteiger partial charge in [-0.2, -0.15) is 0 Å². The van der Waals surface area contributed by atoms with E-state index < -0.39 is 0 Å². The van der Waals surface area contributed by atoms with Crippen LogP contribution in [0.3, 0.4) is 0 Å². The molecule has 2 rings (SSSR count). The molecule has 4 heteroatoms. The smallest absolute Gasteiger partial charge is 0.123 e. The van der Waals surface area contributed by atoms with Crippen molar-refractivity contribution in [2.24, 2.45) is 0 Å². The van der Waals surface area contributed by atoms with Gasteiger partial charge in [0.15, 0.2) is 0 Å². The van der Waals surface area contributed by atoms with Gasteiger partial charge >= 0.3 is 0 Å². The number of nitrogens with zero attached hydrogens (tertiary/aromatic N) is 1. The Hall–Kier alpha value is -1.97. The van der Waals surface area contributed by atoms with Crippen LogP contribution in [0.1, 0.15) is 5.56 Å². The number of aromatic nitrogens is 1. The predicted molar refractivity (Wildman–Crippen MR) is 54.7 cm³/mol. The van der Waals surface area contributed by atoms with E-state index in [1.165, 1.54) is 0 Å². The number of nitrogen functional groups attached to an aromatic ring is 1. The predicted octanol–water partition coefficient (Wildman–Crippen LogP) is 1.87. The van der Waals surface area contributed by atoms with Crippen molar-refractivity contribution >= 4 is 11.5 Å². The molecule has 2 heterocycles. The highest BCUT2D eigenvalue weighted by atomic mass is 16.3. The maximum Gasteiger partial charge on any atom is 0.123 e. The molecule has 0 radical (unpaired) electrons. The van der Waals surface area contributed by atoms with Crippen LogP contribution in [0.4, 0.5) is 11.5 Å². The summed E-state index contributed by atoms with van der Waals surface area (Å²) in [4.78, 5) is 3.97. The Morgan fingerprint density at radius 2 is 2.29 bits per heavy atom. The third-order valence-electron chi connectivity index (χ3n) is 1.86. The van der Waals surface area contributed by atoms with Crippen molar-refractivity contribution in [2.45, 2.75) is 6.54 Å². The van der Waals surface area contributed by atoms with Crippen molar-refractivity contribution in [3.8, 4) is 0 Å². The van der Waals surface area contributed by atoms with Gasteiger partial charge in [-0.1, -0.05) is 0 Å². The fourth-order valence-corrected chi connectivity index (χ4v) is 1.11. The van der Waals surface area contributed by atoms with Crippen LogP contribution in [0.15, 0.2) is 41.3 Å². The largest absolute Gasteiger partial charge is 0.472 e. The highest BCUT2D eigenvalue weighted by molar-refractivity contribution is 5.45. The Labute approximate surface area is 81.8 Å². The van der Waals surface area contributed by atoms with Crippen LogP contribution in [0, 0.1) is 0 Å². The first kappa shape index (κ1) is 8.62. The van der Waals surface area contributed by atoms with Gasteiger partial charge in [0, 0.05) is 12.1 Å². The second-order valence-corrected chi connectivity index (χ2v) is 2.96. The van der Waals surface area contributed by atoms with Gasteiger partial charge in [-0.25, -0.2) is 4.98 Å². The molecule has 0 saturated heterocycles. The normalized spacial score (nSPS) is 10.0. The van der Waals surface area contributed by atoms with Gasteiger partial charge in [0.2, 0.25) is 0 Å². The van der Waals surface area contributed by atoms with Crippen LogP contribution in [0.5, 0.6) is 0 Å². The average molecular weight is 189 g/mol. The topological polar surface area (TPSA) is 64.1 Å². The average Bonchev–Trinajstić information content (AvgIpc) is 2.70. The molecule has 72 valence electrons. The van der Waals surface area contributed by atoms with Crippen LogP contribution in [0.25, 0.3) is 0 Å². The standard InChI is InChI=1S/C10H11N3O/c11-10-2-1-9(6-13-10)12-5-8-3-4-14-7-8/h1-4,6-7,12H,5H2,(H2,11,13). The number of nitrogens with one attached hydrogen (secondary N) is 1. The van der Waals surface area contributed by atoms with Gasteiger partial charge in [-0.3, -0.25) is 0 Å². The van der Waals surface area contributed by atoms with Crippen molar-refractivity contribution in [1.82, 2.24) is 4.98 Å². The molecule has 0 spiro atoms. The van der Waals surface area contributed by atoms with Crippen LogP contribution in [-0.4, -0.2) is 4.98 Å². The van der Waals surface area contributed by atoms with Crippen LogP contribution in [-0.2, 0) is 6.54 Å². The number of nitrogens with two attached hydrogens (primary N) is 1. The van der Waals surface area contributed by atoms with E-state index in [4.69, 9.17) is 10.2 Å². The lowest BCUT2D eigenvalue weighted by Crippen LogP contribution is -1.99. The molecule has 0 amide bonds. The second kappa shape index (κ2) is 3.83. The molecule has 0 unspecified atom stereocenters. The van der Waals surface area contributed by atoms with Crippen molar-refractivity contribution in [3.05, 3.63) is 42.5 Å². The summed E-state index contributed by atoms with van der Waals surface area (Å²) in [5.41, 5.74) is 7.51. The van der Waals surface area contributed by atoms with Crippen LogP contribution in [0.2, 0.25) is 0 Å². The maximum atomic E-state index is 5.46. The van der Waals surface area contributed by atoms with Gasteiger partial charge in [0.25, 0.3) is 0 Å². The molecule has 0 saturated carbocycles. The van der Waals surface area contributed by atoms with Crippen molar-refractivity contribution in [3.63, 3.8) is 0 Å². The summed E-state index contributed by atoms with van der Waals surface area (Å²) >= 11 is 0. The van der Waals surface area contributed by atoms with Crippen LogP contribution >= 0.6 is 0 Å². The Morgan fingerprint density at radius 3 is 2.93 bits per heavy atom. The minimum atomic E-state index is 0.527. The quantitative estimate of drug-likeness (QED) is 0.773. The van der Waals surface area contributed by atoms with Crippen molar-refractivity contribution in [1.29, 1.82) is 0 Å². The summed E-state index contributed by atoms with van der Waals surface area (Å²) in [6, 6.07) is 5.57. The van der Waals surface area contributed by atoms with E-state index in [-0.39, 0.29) is 0 Å². The summed E-state index contributed by atoms with van der Waals surface area (Å²) in [7, 11) is 0. The first-order valence-electron chi connectivity index (χ1n) is 4.31. The van der Waals surface area contributed by atoms with Gasteiger partial charge in [-0.15, -0.1) is 0 Å². The molecular weight excluding hydrogens is 178 g/mol. The summed E-state index contributed by atoms with van der Waals surface area (Å²) in [5, 5.41) is 3.20. The molecule has 0 aliphatic carbocycles. The zero-order valence-electron chi connectivity index (χ0n) is 7.60. The number of hydrogen-bond acceptors (Lipinski definition) is 4. The number of furan rings is 1. The second-order valence-electron chi connectivity index (χ2n) is 2.96. The molecule has 14 heavy (non-hydrogen) atoms. The Balaban J connectivity index is 1.95. The molecular formula is C10H11N3O. The molecule has 0 bridgehead atoms. The van der Waals surface area contributed by atoms with E-state index in [0.717, 1.165) is 17.8 Å². The highest BCUT2D eigenvalue weighted by Gasteiger charge is 1.95. The first-order chi connectivity index (χ1) is 6.84. The molecule has 0 aromatic carbocycles. The fourth-order valence-electron chi connectivity index (χ4n) is 1.11. The molecule has 0 atom stereocenters. The molecule has 2 aromatic heterocycles. The zero-order valence-corrected chi connectivity index (χ0v) is 7.60. The van der Waals surface area contributed by atoms with Gasteiger partial charge < -0.3 is 15.5 Å². The lowest BCUT2D eigenvalue weighted by molar-refractivity contribution is 0.564. The van der Waals surface area contributed by atoms with E-state index in [1.807, 2.05) is 12.1 Å². The minimum Gasteiger partial charge on any atom is -0.472 e. The van der Waals surface area contributed by atoms with Crippen molar-refractivity contribution in [2.75, 3.05) is 11.1 Å². The number of hydrogen-bond donors (Lipinski definition) is 2.